The van der Waals surface area contributed by atoms with E-state index in [1.54, 1.807) is 0 Å². The SMILES string of the molecule is CCN(CC(=O)N1CCCCC1C)Cc1ccccc1. The van der Waals surface area contributed by atoms with Crippen molar-refractivity contribution in [1.82, 2.24) is 9.80 Å². The summed E-state index contributed by atoms with van der Waals surface area (Å²) in [6.07, 6.45) is 3.56. The van der Waals surface area contributed by atoms with Crippen molar-refractivity contribution in [3.05, 3.63) is 35.9 Å². The molecule has 1 atom stereocenters. The third kappa shape index (κ3) is 4.07. The Balaban J connectivity index is 1.90. The minimum Gasteiger partial charge on any atom is -0.339 e. The highest BCUT2D eigenvalue weighted by Crippen LogP contribution is 2.17. The van der Waals surface area contributed by atoms with Gasteiger partial charge in [-0.3, -0.25) is 9.69 Å². The molecule has 3 heteroatoms. The van der Waals surface area contributed by atoms with Crippen LogP contribution in [0.1, 0.15) is 38.7 Å². The lowest BCUT2D eigenvalue weighted by Crippen LogP contribution is -2.46. The van der Waals surface area contributed by atoms with Crippen molar-refractivity contribution >= 4 is 5.91 Å². The number of likely N-dealkylation sites (tertiary alicyclic amines) is 1. The summed E-state index contributed by atoms with van der Waals surface area (Å²) in [5, 5.41) is 0. The fourth-order valence-corrected chi connectivity index (χ4v) is 2.87. The van der Waals surface area contributed by atoms with Gasteiger partial charge in [-0.2, -0.15) is 0 Å². The van der Waals surface area contributed by atoms with Crippen molar-refractivity contribution in [2.24, 2.45) is 0 Å². The Morgan fingerprint density at radius 2 is 2.05 bits per heavy atom. The van der Waals surface area contributed by atoms with E-state index in [0.717, 1.165) is 32.5 Å². The van der Waals surface area contributed by atoms with Crippen molar-refractivity contribution in [2.45, 2.75) is 45.7 Å². The van der Waals surface area contributed by atoms with Crippen LogP contribution >= 0.6 is 0 Å². The Hall–Kier alpha value is -1.35. The number of hydrogen-bond donors (Lipinski definition) is 0. The van der Waals surface area contributed by atoms with Gasteiger partial charge in [0.15, 0.2) is 0 Å². The lowest BCUT2D eigenvalue weighted by molar-refractivity contribution is -0.135. The minimum absolute atomic E-state index is 0.287. The molecule has 110 valence electrons. The second-order valence-electron chi connectivity index (χ2n) is 5.72. The third-order valence-corrected chi connectivity index (χ3v) is 4.18. The van der Waals surface area contributed by atoms with Crippen molar-refractivity contribution < 1.29 is 4.79 Å². The standard InChI is InChI=1S/C17H26N2O/c1-3-18(13-16-10-5-4-6-11-16)14-17(20)19-12-8-7-9-15(19)2/h4-6,10-11,15H,3,7-9,12-14H2,1-2H3. The van der Waals surface area contributed by atoms with Crippen molar-refractivity contribution in [2.75, 3.05) is 19.6 Å². The maximum absolute atomic E-state index is 12.5. The maximum Gasteiger partial charge on any atom is 0.236 e. The highest BCUT2D eigenvalue weighted by atomic mass is 16.2. The first-order chi connectivity index (χ1) is 9.70. The smallest absolute Gasteiger partial charge is 0.236 e. The predicted molar refractivity (Wildman–Crippen MR) is 82.4 cm³/mol. The van der Waals surface area contributed by atoms with Crippen LogP contribution in [0.2, 0.25) is 0 Å². The molecule has 0 spiro atoms. The van der Waals surface area contributed by atoms with Crippen LogP contribution in [0.5, 0.6) is 0 Å². The Morgan fingerprint density at radius 1 is 1.30 bits per heavy atom. The Labute approximate surface area is 122 Å². The fourth-order valence-electron chi connectivity index (χ4n) is 2.87. The number of rotatable bonds is 5. The molecule has 1 amide bonds. The number of piperidine rings is 1. The number of nitrogens with zero attached hydrogens (tertiary/aromatic N) is 2. The number of likely N-dealkylation sites (N-methyl/N-ethyl adjacent to an activating group) is 1. The van der Waals surface area contributed by atoms with Crippen LogP contribution in [0.3, 0.4) is 0 Å². The first-order valence-electron chi connectivity index (χ1n) is 7.76. The summed E-state index contributed by atoms with van der Waals surface area (Å²) >= 11 is 0. The van der Waals surface area contributed by atoms with Gasteiger partial charge in [-0.05, 0) is 38.3 Å². The molecule has 1 aliphatic rings. The van der Waals surface area contributed by atoms with Crippen LogP contribution in [0, 0.1) is 0 Å². The molecule has 1 unspecified atom stereocenters. The summed E-state index contributed by atoms with van der Waals surface area (Å²) in [6, 6.07) is 10.8. The van der Waals surface area contributed by atoms with Crippen LogP contribution in [0.4, 0.5) is 0 Å². The second-order valence-corrected chi connectivity index (χ2v) is 5.72. The number of carbonyl (C=O) groups is 1. The molecule has 0 radical (unpaired) electrons. The molecule has 2 rings (SSSR count). The van der Waals surface area contributed by atoms with Gasteiger partial charge < -0.3 is 4.90 Å². The van der Waals surface area contributed by atoms with E-state index in [2.05, 4.69) is 47.9 Å². The van der Waals surface area contributed by atoms with E-state index in [1.165, 1.54) is 12.0 Å². The van der Waals surface area contributed by atoms with Crippen LogP contribution in [-0.2, 0) is 11.3 Å². The lowest BCUT2D eigenvalue weighted by Gasteiger charge is -2.35. The van der Waals surface area contributed by atoms with Crippen LogP contribution < -0.4 is 0 Å². The summed E-state index contributed by atoms with van der Waals surface area (Å²) in [5.41, 5.74) is 1.27. The molecule has 1 aliphatic heterocycles. The molecule has 1 fully saturated rings. The number of carbonyl (C=O) groups excluding carboxylic acids is 1. The van der Waals surface area contributed by atoms with Crippen molar-refractivity contribution in [1.29, 1.82) is 0 Å². The second kappa shape index (κ2) is 7.44. The molecule has 0 N–H and O–H groups in total. The van der Waals surface area contributed by atoms with Gasteiger partial charge in [0, 0.05) is 19.1 Å². The third-order valence-electron chi connectivity index (χ3n) is 4.18. The van der Waals surface area contributed by atoms with Gasteiger partial charge in [0.25, 0.3) is 0 Å². The topological polar surface area (TPSA) is 23.6 Å². The molecule has 3 nitrogen and oxygen atoms in total. The van der Waals surface area contributed by atoms with Crippen LogP contribution in [0.25, 0.3) is 0 Å². The van der Waals surface area contributed by atoms with Gasteiger partial charge in [-0.15, -0.1) is 0 Å². The summed E-state index contributed by atoms with van der Waals surface area (Å²) in [6.45, 7) is 7.52. The van der Waals surface area contributed by atoms with E-state index in [4.69, 9.17) is 0 Å². The van der Waals surface area contributed by atoms with Crippen molar-refractivity contribution in [3.8, 4) is 0 Å². The molecule has 20 heavy (non-hydrogen) atoms. The normalized spacial score (nSPS) is 19.4. The first-order valence-corrected chi connectivity index (χ1v) is 7.76. The summed E-state index contributed by atoms with van der Waals surface area (Å²) in [5.74, 6) is 0.287. The highest BCUT2D eigenvalue weighted by Gasteiger charge is 2.24. The number of hydrogen-bond acceptors (Lipinski definition) is 2. The molecule has 0 aromatic heterocycles. The molecule has 1 aromatic rings. The number of benzene rings is 1. The molecule has 0 saturated carbocycles. The van der Waals surface area contributed by atoms with Gasteiger partial charge >= 0.3 is 0 Å². The molecule has 0 bridgehead atoms. The summed E-state index contributed by atoms with van der Waals surface area (Å²) in [4.78, 5) is 16.7. The molecule has 1 aromatic carbocycles. The molecule has 1 saturated heterocycles. The Kier molecular flexibility index (Phi) is 5.60. The Bertz CT molecular complexity index is 418. The molecular formula is C17H26N2O. The van der Waals surface area contributed by atoms with E-state index < -0.39 is 0 Å². The van der Waals surface area contributed by atoms with E-state index in [1.807, 2.05) is 6.07 Å². The predicted octanol–water partition coefficient (Wildman–Crippen LogP) is 2.91. The number of amides is 1. The van der Waals surface area contributed by atoms with Crippen LogP contribution in [0.15, 0.2) is 30.3 Å². The quantitative estimate of drug-likeness (QED) is 0.824. The Morgan fingerprint density at radius 3 is 2.70 bits per heavy atom. The monoisotopic (exact) mass is 274 g/mol. The van der Waals surface area contributed by atoms with Gasteiger partial charge in [-0.25, -0.2) is 0 Å². The zero-order chi connectivity index (χ0) is 14.4. The molecule has 1 heterocycles. The summed E-state index contributed by atoms with van der Waals surface area (Å²) in [7, 11) is 0. The van der Waals surface area contributed by atoms with Crippen molar-refractivity contribution in [3.63, 3.8) is 0 Å². The zero-order valence-corrected chi connectivity index (χ0v) is 12.7. The fraction of sp³-hybridized carbons (Fsp3) is 0.588. The summed E-state index contributed by atoms with van der Waals surface area (Å²) < 4.78 is 0. The van der Waals surface area contributed by atoms with Gasteiger partial charge in [0.05, 0.1) is 6.54 Å². The van der Waals surface area contributed by atoms with E-state index in [0.29, 0.717) is 12.6 Å². The zero-order valence-electron chi connectivity index (χ0n) is 12.7. The van der Waals surface area contributed by atoms with E-state index in [-0.39, 0.29) is 5.91 Å². The average molecular weight is 274 g/mol. The molecular weight excluding hydrogens is 248 g/mol. The van der Waals surface area contributed by atoms with E-state index in [9.17, 15) is 4.79 Å². The van der Waals surface area contributed by atoms with E-state index >= 15 is 0 Å². The highest BCUT2D eigenvalue weighted by molar-refractivity contribution is 5.78. The first kappa shape index (κ1) is 15.0. The van der Waals surface area contributed by atoms with Crippen LogP contribution in [-0.4, -0.2) is 41.4 Å². The molecule has 0 aliphatic carbocycles. The average Bonchev–Trinajstić information content (AvgIpc) is 2.48. The minimum atomic E-state index is 0.287. The van der Waals surface area contributed by atoms with Gasteiger partial charge in [0.2, 0.25) is 5.91 Å². The van der Waals surface area contributed by atoms with Gasteiger partial charge in [-0.1, -0.05) is 37.3 Å². The largest absolute Gasteiger partial charge is 0.339 e. The lowest BCUT2D eigenvalue weighted by atomic mass is 10.0. The maximum atomic E-state index is 12.5. The van der Waals surface area contributed by atoms with Gasteiger partial charge in [0.1, 0.15) is 0 Å².